The van der Waals surface area contributed by atoms with Crippen molar-refractivity contribution in [3.05, 3.63) is 22.4 Å². The maximum Gasteiger partial charge on any atom is 0.261 e. The Kier molecular flexibility index (Phi) is 4.55. The van der Waals surface area contributed by atoms with Crippen LogP contribution in [0.1, 0.15) is 22.5 Å². The van der Waals surface area contributed by atoms with E-state index in [1.165, 1.54) is 16.2 Å². The third kappa shape index (κ3) is 4.04. The van der Waals surface area contributed by atoms with E-state index >= 15 is 0 Å². The van der Waals surface area contributed by atoms with E-state index in [9.17, 15) is 14.7 Å². The first-order valence-electron chi connectivity index (χ1n) is 6.31. The van der Waals surface area contributed by atoms with Crippen molar-refractivity contribution in [2.24, 2.45) is 5.92 Å². The lowest BCUT2D eigenvalue weighted by Crippen LogP contribution is -2.41. The summed E-state index contributed by atoms with van der Waals surface area (Å²) in [4.78, 5) is 25.5. The fourth-order valence-electron chi connectivity index (χ4n) is 1.80. The second-order valence-electron chi connectivity index (χ2n) is 4.84. The van der Waals surface area contributed by atoms with E-state index in [-0.39, 0.29) is 18.4 Å². The molecule has 0 spiro atoms. The van der Waals surface area contributed by atoms with Crippen LogP contribution in [0.5, 0.6) is 0 Å². The molecule has 1 heterocycles. The van der Waals surface area contributed by atoms with Crippen LogP contribution in [-0.4, -0.2) is 48.1 Å². The number of likely N-dealkylation sites (N-methyl/N-ethyl adjacent to an activating group) is 1. The predicted octanol–water partition coefficient (Wildman–Crippen LogP) is 0.707. The van der Waals surface area contributed by atoms with E-state index < -0.39 is 6.10 Å². The molecule has 0 aliphatic heterocycles. The number of nitrogens with one attached hydrogen (secondary N) is 1. The quantitative estimate of drug-likeness (QED) is 0.807. The molecule has 6 heteroatoms. The van der Waals surface area contributed by atoms with Crippen molar-refractivity contribution in [2.45, 2.75) is 18.9 Å². The molecule has 1 unspecified atom stereocenters. The summed E-state index contributed by atoms with van der Waals surface area (Å²) in [6, 6.07) is 3.50. The fourth-order valence-corrected chi connectivity index (χ4v) is 2.44. The smallest absolute Gasteiger partial charge is 0.261 e. The molecule has 1 fully saturated rings. The zero-order valence-corrected chi connectivity index (χ0v) is 11.7. The molecule has 1 saturated carbocycles. The van der Waals surface area contributed by atoms with Crippen molar-refractivity contribution in [3.63, 3.8) is 0 Å². The summed E-state index contributed by atoms with van der Waals surface area (Å²) in [5, 5.41) is 14.2. The summed E-state index contributed by atoms with van der Waals surface area (Å²) in [5.41, 5.74) is 0. The monoisotopic (exact) mass is 282 g/mol. The van der Waals surface area contributed by atoms with Gasteiger partial charge >= 0.3 is 0 Å². The van der Waals surface area contributed by atoms with Gasteiger partial charge in [-0.25, -0.2) is 0 Å². The van der Waals surface area contributed by atoms with Crippen LogP contribution in [0.2, 0.25) is 0 Å². The first-order valence-corrected chi connectivity index (χ1v) is 7.19. The van der Waals surface area contributed by atoms with Crippen molar-refractivity contribution in [2.75, 3.05) is 20.1 Å². The number of aliphatic hydroxyl groups is 1. The lowest BCUT2D eigenvalue weighted by Gasteiger charge is -2.20. The molecule has 2 N–H and O–H groups in total. The molecule has 19 heavy (non-hydrogen) atoms. The number of hydrogen-bond acceptors (Lipinski definition) is 4. The van der Waals surface area contributed by atoms with E-state index in [1.807, 2.05) is 5.38 Å². The Balaban J connectivity index is 1.72. The topological polar surface area (TPSA) is 69.6 Å². The largest absolute Gasteiger partial charge is 0.391 e. The van der Waals surface area contributed by atoms with Gasteiger partial charge < -0.3 is 15.3 Å². The number of thiophene rings is 1. The van der Waals surface area contributed by atoms with E-state index in [1.54, 1.807) is 19.2 Å². The summed E-state index contributed by atoms with van der Waals surface area (Å²) in [6.45, 7) is 0.295. The third-order valence-corrected chi connectivity index (χ3v) is 4.07. The van der Waals surface area contributed by atoms with Crippen molar-refractivity contribution in [3.8, 4) is 0 Å². The Labute approximate surface area is 116 Å². The minimum atomic E-state index is -0.443. The van der Waals surface area contributed by atoms with Gasteiger partial charge in [-0.3, -0.25) is 9.59 Å². The maximum atomic E-state index is 11.8. The van der Waals surface area contributed by atoms with Crippen LogP contribution >= 0.6 is 11.3 Å². The highest BCUT2D eigenvalue weighted by Crippen LogP contribution is 2.32. The molecule has 104 valence electrons. The lowest BCUT2D eigenvalue weighted by atomic mass is 10.2. The molecule has 0 aromatic carbocycles. The van der Waals surface area contributed by atoms with Gasteiger partial charge in [-0.05, 0) is 30.2 Å². The summed E-state index contributed by atoms with van der Waals surface area (Å²) in [6.07, 6.45) is 1.64. The number of aliphatic hydroxyl groups excluding tert-OH is 1. The Morgan fingerprint density at radius 3 is 2.89 bits per heavy atom. The zero-order valence-electron chi connectivity index (χ0n) is 10.8. The van der Waals surface area contributed by atoms with Crippen LogP contribution in [-0.2, 0) is 4.79 Å². The van der Waals surface area contributed by atoms with Crippen LogP contribution in [0.3, 0.4) is 0 Å². The molecule has 2 amide bonds. The Morgan fingerprint density at radius 2 is 2.32 bits per heavy atom. The summed E-state index contributed by atoms with van der Waals surface area (Å²) in [5.74, 6) is -0.0833. The average molecular weight is 282 g/mol. The van der Waals surface area contributed by atoms with Gasteiger partial charge in [0.05, 0.1) is 17.5 Å². The maximum absolute atomic E-state index is 11.8. The number of carbonyl (C=O) groups excluding carboxylic acids is 2. The van der Waals surface area contributed by atoms with Crippen LogP contribution in [0.15, 0.2) is 17.5 Å². The summed E-state index contributed by atoms with van der Waals surface area (Å²) in [7, 11) is 1.64. The molecule has 1 aromatic rings. The third-order valence-electron chi connectivity index (χ3n) is 3.20. The van der Waals surface area contributed by atoms with Gasteiger partial charge in [-0.2, -0.15) is 0 Å². The highest BCUT2D eigenvalue weighted by Gasteiger charge is 2.31. The molecule has 1 atom stereocenters. The Hall–Kier alpha value is -1.40. The highest BCUT2D eigenvalue weighted by atomic mass is 32.1. The number of amides is 2. The SMILES string of the molecule is CN(CC(O)C1CC1)C(=O)CNC(=O)c1cccs1. The van der Waals surface area contributed by atoms with E-state index in [0.29, 0.717) is 17.3 Å². The van der Waals surface area contributed by atoms with E-state index in [0.717, 1.165) is 12.8 Å². The van der Waals surface area contributed by atoms with Crippen LogP contribution in [0, 0.1) is 5.92 Å². The standard InChI is InChI=1S/C13H18N2O3S/c1-15(8-10(16)9-4-5-9)12(17)7-14-13(18)11-3-2-6-19-11/h2-3,6,9-10,16H,4-5,7-8H2,1H3,(H,14,18). The van der Waals surface area contributed by atoms with E-state index in [2.05, 4.69) is 5.32 Å². The highest BCUT2D eigenvalue weighted by molar-refractivity contribution is 7.12. The predicted molar refractivity (Wildman–Crippen MR) is 73.0 cm³/mol. The summed E-state index contributed by atoms with van der Waals surface area (Å²) >= 11 is 1.34. The molecule has 1 aliphatic rings. The average Bonchev–Trinajstić information content (AvgIpc) is 3.10. The molecule has 0 saturated heterocycles. The van der Waals surface area contributed by atoms with Gasteiger partial charge in [0.1, 0.15) is 0 Å². The normalized spacial score (nSPS) is 15.9. The van der Waals surface area contributed by atoms with Crippen molar-refractivity contribution < 1.29 is 14.7 Å². The van der Waals surface area contributed by atoms with Gasteiger partial charge in [0.15, 0.2) is 0 Å². The van der Waals surface area contributed by atoms with Gasteiger partial charge in [0.2, 0.25) is 5.91 Å². The van der Waals surface area contributed by atoms with Crippen molar-refractivity contribution in [1.82, 2.24) is 10.2 Å². The molecule has 0 radical (unpaired) electrons. The fraction of sp³-hybridized carbons (Fsp3) is 0.538. The number of nitrogens with zero attached hydrogens (tertiary/aromatic N) is 1. The molecular weight excluding hydrogens is 264 g/mol. The number of carbonyl (C=O) groups is 2. The van der Waals surface area contributed by atoms with Crippen molar-refractivity contribution >= 4 is 23.2 Å². The lowest BCUT2D eigenvalue weighted by molar-refractivity contribution is -0.130. The van der Waals surface area contributed by atoms with Crippen LogP contribution < -0.4 is 5.32 Å². The second-order valence-corrected chi connectivity index (χ2v) is 5.79. The van der Waals surface area contributed by atoms with Gasteiger partial charge in [0.25, 0.3) is 5.91 Å². The zero-order chi connectivity index (χ0) is 13.8. The molecule has 2 rings (SSSR count). The summed E-state index contributed by atoms with van der Waals surface area (Å²) < 4.78 is 0. The molecule has 5 nitrogen and oxygen atoms in total. The second kappa shape index (κ2) is 6.16. The molecule has 1 aliphatic carbocycles. The number of rotatable bonds is 6. The number of hydrogen-bond donors (Lipinski definition) is 2. The van der Waals surface area contributed by atoms with Crippen LogP contribution in [0.25, 0.3) is 0 Å². The van der Waals surface area contributed by atoms with Gasteiger partial charge in [0, 0.05) is 13.6 Å². The van der Waals surface area contributed by atoms with Crippen molar-refractivity contribution in [1.29, 1.82) is 0 Å². The molecular formula is C13H18N2O3S. The van der Waals surface area contributed by atoms with Crippen LogP contribution in [0.4, 0.5) is 0 Å². The van der Waals surface area contributed by atoms with Gasteiger partial charge in [-0.15, -0.1) is 11.3 Å². The minimum absolute atomic E-state index is 0.0371. The molecule has 0 bridgehead atoms. The van der Waals surface area contributed by atoms with E-state index in [4.69, 9.17) is 0 Å². The Morgan fingerprint density at radius 1 is 1.58 bits per heavy atom. The Bertz CT molecular complexity index is 443. The first kappa shape index (κ1) is 14.0. The minimum Gasteiger partial charge on any atom is -0.391 e. The van der Waals surface area contributed by atoms with Gasteiger partial charge in [-0.1, -0.05) is 6.07 Å². The first-order chi connectivity index (χ1) is 9.08. The molecule has 1 aromatic heterocycles.